The molecule has 0 saturated carbocycles. The largest absolute Gasteiger partial charge is 0.313 e. The summed E-state index contributed by atoms with van der Waals surface area (Å²) in [5, 5.41) is 3.37. The van der Waals surface area contributed by atoms with Gasteiger partial charge in [-0.05, 0) is 42.3 Å². The second-order valence-electron chi connectivity index (χ2n) is 4.64. The standard InChI is InChI=1S/C17H21NS/c1-3-18-12-15-8-6-10-17(11-15)19-13-16-9-5-4-7-14(16)2/h4-11,18H,3,12-13H2,1-2H3. The molecule has 19 heavy (non-hydrogen) atoms. The summed E-state index contributed by atoms with van der Waals surface area (Å²) < 4.78 is 0. The normalized spacial score (nSPS) is 10.6. The number of benzene rings is 2. The fourth-order valence-corrected chi connectivity index (χ4v) is 3.00. The molecular formula is C17H21NS. The monoisotopic (exact) mass is 271 g/mol. The summed E-state index contributed by atoms with van der Waals surface area (Å²) in [7, 11) is 0. The molecule has 2 rings (SSSR count). The molecule has 0 aliphatic carbocycles. The zero-order valence-corrected chi connectivity index (χ0v) is 12.5. The van der Waals surface area contributed by atoms with Gasteiger partial charge in [0.15, 0.2) is 0 Å². The molecule has 1 nitrogen and oxygen atoms in total. The SMILES string of the molecule is CCNCc1cccc(SCc2ccccc2C)c1. The Bertz CT molecular complexity index is 522. The summed E-state index contributed by atoms with van der Waals surface area (Å²) in [6.07, 6.45) is 0. The first kappa shape index (κ1) is 14.2. The summed E-state index contributed by atoms with van der Waals surface area (Å²) in [6, 6.07) is 17.4. The van der Waals surface area contributed by atoms with Gasteiger partial charge >= 0.3 is 0 Å². The van der Waals surface area contributed by atoms with Crippen molar-refractivity contribution in [3.8, 4) is 0 Å². The zero-order valence-electron chi connectivity index (χ0n) is 11.6. The molecule has 0 bridgehead atoms. The van der Waals surface area contributed by atoms with Crippen LogP contribution in [-0.2, 0) is 12.3 Å². The Hall–Kier alpha value is -1.25. The Morgan fingerprint density at radius 2 is 1.89 bits per heavy atom. The summed E-state index contributed by atoms with van der Waals surface area (Å²) in [6.45, 7) is 6.28. The minimum atomic E-state index is 0.954. The number of hydrogen-bond donors (Lipinski definition) is 1. The predicted octanol–water partition coefficient (Wildman–Crippen LogP) is 4.40. The van der Waals surface area contributed by atoms with E-state index in [0.717, 1.165) is 18.8 Å². The van der Waals surface area contributed by atoms with E-state index in [4.69, 9.17) is 0 Å². The van der Waals surface area contributed by atoms with Gasteiger partial charge in [0, 0.05) is 17.2 Å². The van der Waals surface area contributed by atoms with Crippen molar-refractivity contribution in [2.24, 2.45) is 0 Å². The second kappa shape index (κ2) is 7.37. The first-order valence-electron chi connectivity index (χ1n) is 6.76. The van der Waals surface area contributed by atoms with E-state index in [1.807, 2.05) is 11.8 Å². The lowest BCUT2D eigenvalue weighted by Crippen LogP contribution is -2.11. The number of nitrogens with one attached hydrogen (secondary N) is 1. The van der Waals surface area contributed by atoms with E-state index >= 15 is 0 Å². The molecule has 0 fully saturated rings. The number of hydrogen-bond acceptors (Lipinski definition) is 2. The van der Waals surface area contributed by atoms with Gasteiger partial charge in [-0.3, -0.25) is 0 Å². The Morgan fingerprint density at radius 3 is 2.68 bits per heavy atom. The summed E-state index contributed by atoms with van der Waals surface area (Å²) >= 11 is 1.91. The van der Waals surface area contributed by atoms with Gasteiger partial charge < -0.3 is 5.32 Å². The van der Waals surface area contributed by atoms with Crippen LogP contribution < -0.4 is 5.32 Å². The fourth-order valence-electron chi connectivity index (χ4n) is 1.95. The van der Waals surface area contributed by atoms with Gasteiger partial charge in [0.25, 0.3) is 0 Å². The van der Waals surface area contributed by atoms with E-state index in [1.54, 1.807) is 0 Å². The molecular weight excluding hydrogens is 250 g/mol. The van der Waals surface area contributed by atoms with Gasteiger partial charge in [0.1, 0.15) is 0 Å². The zero-order chi connectivity index (χ0) is 13.5. The molecule has 0 aliphatic rings. The van der Waals surface area contributed by atoms with Crippen molar-refractivity contribution < 1.29 is 0 Å². The molecule has 2 aromatic carbocycles. The molecule has 0 atom stereocenters. The van der Waals surface area contributed by atoms with Crippen molar-refractivity contribution in [3.63, 3.8) is 0 Å². The van der Waals surface area contributed by atoms with Crippen molar-refractivity contribution in [1.29, 1.82) is 0 Å². The molecule has 0 spiro atoms. The van der Waals surface area contributed by atoms with Crippen molar-refractivity contribution >= 4 is 11.8 Å². The lowest BCUT2D eigenvalue weighted by molar-refractivity contribution is 0.725. The van der Waals surface area contributed by atoms with Gasteiger partial charge in [-0.1, -0.05) is 43.3 Å². The molecule has 0 amide bonds. The molecule has 2 heteroatoms. The van der Waals surface area contributed by atoms with Crippen LogP contribution in [0, 0.1) is 6.92 Å². The van der Waals surface area contributed by atoms with Crippen LogP contribution in [0.15, 0.2) is 53.4 Å². The molecule has 0 heterocycles. The highest BCUT2D eigenvalue weighted by molar-refractivity contribution is 7.98. The molecule has 0 saturated heterocycles. The Morgan fingerprint density at radius 1 is 1.05 bits per heavy atom. The smallest absolute Gasteiger partial charge is 0.0234 e. The third-order valence-electron chi connectivity index (χ3n) is 3.13. The summed E-state index contributed by atoms with van der Waals surface area (Å²) in [5.41, 5.74) is 4.15. The summed E-state index contributed by atoms with van der Waals surface area (Å²) in [4.78, 5) is 1.35. The highest BCUT2D eigenvalue weighted by Gasteiger charge is 2.00. The Balaban J connectivity index is 1.98. The van der Waals surface area contributed by atoms with Crippen LogP contribution in [0.1, 0.15) is 23.6 Å². The molecule has 2 aromatic rings. The van der Waals surface area contributed by atoms with Crippen LogP contribution in [0.2, 0.25) is 0 Å². The van der Waals surface area contributed by atoms with Gasteiger partial charge in [0.2, 0.25) is 0 Å². The van der Waals surface area contributed by atoms with Crippen LogP contribution in [0.3, 0.4) is 0 Å². The van der Waals surface area contributed by atoms with Crippen molar-refractivity contribution in [2.75, 3.05) is 6.54 Å². The fraction of sp³-hybridized carbons (Fsp3) is 0.294. The van der Waals surface area contributed by atoms with Crippen LogP contribution in [0.4, 0.5) is 0 Å². The van der Waals surface area contributed by atoms with Crippen LogP contribution in [0.5, 0.6) is 0 Å². The molecule has 0 aromatic heterocycles. The highest BCUT2D eigenvalue weighted by atomic mass is 32.2. The molecule has 0 aliphatic heterocycles. The summed E-state index contributed by atoms with van der Waals surface area (Å²) in [5.74, 6) is 1.04. The first-order chi connectivity index (χ1) is 9.29. The van der Waals surface area contributed by atoms with E-state index in [0.29, 0.717) is 0 Å². The molecule has 100 valence electrons. The number of aryl methyl sites for hydroxylation is 1. The van der Waals surface area contributed by atoms with Crippen LogP contribution in [-0.4, -0.2) is 6.54 Å². The third kappa shape index (κ3) is 4.41. The maximum atomic E-state index is 3.37. The van der Waals surface area contributed by atoms with Gasteiger partial charge in [0.05, 0.1) is 0 Å². The molecule has 1 N–H and O–H groups in total. The van der Waals surface area contributed by atoms with Gasteiger partial charge in [-0.2, -0.15) is 0 Å². The lowest BCUT2D eigenvalue weighted by Gasteiger charge is -2.07. The van der Waals surface area contributed by atoms with E-state index in [1.165, 1.54) is 21.6 Å². The average molecular weight is 271 g/mol. The molecule has 0 unspecified atom stereocenters. The van der Waals surface area contributed by atoms with E-state index in [2.05, 4.69) is 67.7 Å². The van der Waals surface area contributed by atoms with Gasteiger partial charge in [-0.25, -0.2) is 0 Å². The topological polar surface area (TPSA) is 12.0 Å². The van der Waals surface area contributed by atoms with E-state index < -0.39 is 0 Å². The van der Waals surface area contributed by atoms with E-state index in [9.17, 15) is 0 Å². The lowest BCUT2D eigenvalue weighted by atomic mass is 10.1. The van der Waals surface area contributed by atoms with Crippen molar-refractivity contribution in [3.05, 3.63) is 65.2 Å². The second-order valence-corrected chi connectivity index (χ2v) is 5.69. The van der Waals surface area contributed by atoms with Crippen molar-refractivity contribution in [1.82, 2.24) is 5.32 Å². The van der Waals surface area contributed by atoms with Crippen LogP contribution in [0.25, 0.3) is 0 Å². The first-order valence-corrected chi connectivity index (χ1v) is 7.75. The third-order valence-corrected chi connectivity index (χ3v) is 4.18. The van der Waals surface area contributed by atoms with Gasteiger partial charge in [-0.15, -0.1) is 11.8 Å². The number of rotatable bonds is 6. The van der Waals surface area contributed by atoms with E-state index in [-0.39, 0.29) is 0 Å². The maximum Gasteiger partial charge on any atom is 0.0234 e. The van der Waals surface area contributed by atoms with Crippen molar-refractivity contribution in [2.45, 2.75) is 31.0 Å². The predicted molar refractivity (Wildman–Crippen MR) is 84.6 cm³/mol. The number of thioether (sulfide) groups is 1. The minimum Gasteiger partial charge on any atom is -0.313 e. The highest BCUT2D eigenvalue weighted by Crippen LogP contribution is 2.24. The Kier molecular flexibility index (Phi) is 5.49. The molecule has 0 radical (unpaired) electrons. The Labute approximate surface area is 120 Å². The van der Waals surface area contributed by atoms with Crippen LogP contribution >= 0.6 is 11.8 Å². The average Bonchev–Trinajstić information content (AvgIpc) is 2.45. The minimum absolute atomic E-state index is 0.954. The maximum absolute atomic E-state index is 3.37. The quantitative estimate of drug-likeness (QED) is 0.782.